The van der Waals surface area contributed by atoms with Gasteiger partial charge in [-0.3, -0.25) is 9.59 Å². The zero-order valence-electron chi connectivity index (χ0n) is 22.5. The summed E-state index contributed by atoms with van der Waals surface area (Å²) in [5.74, 6) is 0.584. The molecule has 1 N–H and O–H groups in total. The summed E-state index contributed by atoms with van der Waals surface area (Å²) in [4.78, 5) is 25.3. The monoisotopic (exact) mass is 548 g/mol. The van der Waals surface area contributed by atoms with Crippen molar-refractivity contribution >= 4 is 11.9 Å². The highest BCUT2D eigenvalue weighted by Crippen LogP contribution is 2.31. The van der Waals surface area contributed by atoms with Crippen LogP contribution in [0, 0.1) is 11.8 Å². The van der Waals surface area contributed by atoms with Crippen LogP contribution in [-0.4, -0.2) is 43.7 Å². The minimum Gasteiger partial charge on any atom is -0.491 e. The van der Waals surface area contributed by atoms with Gasteiger partial charge in [0.25, 0.3) is 0 Å². The predicted octanol–water partition coefficient (Wildman–Crippen LogP) is 5.11. The highest BCUT2D eigenvalue weighted by molar-refractivity contribution is 5.77. The Hall–Kier alpha value is -3.72. The summed E-state index contributed by atoms with van der Waals surface area (Å²) in [6.07, 6.45) is 2.97. The minimum atomic E-state index is -0.300. The molecule has 0 radical (unpaired) electrons. The van der Waals surface area contributed by atoms with E-state index < -0.39 is 0 Å². The maximum Gasteiger partial charge on any atom is 0.314 e. The fourth-order valence-corrected chi connectivity index (χ4v) is 4.53. The van der Waals surface area contributed by atoms with Crippen molar-refractivity contribution in [2.24, 2.45) is 11.8 Å². The third-order valence-electron chi connectivity index (χ3n) is 6.81. The van der Waals surface area contributed by atoms with Crippen LogP contribution in [0.2, 0.25) is 0 Å². The van der Waals surface area contributed by atoms with Crippen molar-refractivity contribution < 1.29 is 38.4 Å². The molecule has 0 heterocycles. The number of carbonyl (C=O) groups excluding carboxylic acids is 2. The van der Waals surface area contributed by atoms with Crippen LogP contribution in [-0.2, 0) is 32.1 Å². The van der Waals surface area contributed by atoms with Crippen LogP contribution in [0.1, 0.15) is 36.8 Å². The van der Waals surface area contributed by atoms with Gasteiger partial charge in [0.05, 0.1) is 31.7 Å². The van der Waals surface area contributed by atoms with Crippen LogP contribution >= 0.6 is 0 Å². The van der Waals surface area contributed by atoms with Crippen LogP contribution in [0.25, 0.3) is 0 Å². The van der Waals surface area contributed by atoms with E-state index in [4.69, 9.17) is 28.8 Å². The smallest absolute Gasteiger partial charge is 0.314 e. The molecule has 1 saturated carbocycles. The van der Waals surface area contributed by atoms with Gasteiger partial charge in [0.1, 0.15) is 30.6 Å². The molecule has 4 rings (SSSR count). The first-order chi connectivity index (χ1) is 19.6. The summed E-state index contributed by atoms with van der Waals surface area (Å²) < 4.78 is 27.4. The van der Waals surface area contributed by atoms with E-state index in [-0.39, 0.29) is 30.6 Å². The van der Waals surface area contributed by atoms with Crippen LogP contribution < -0.4 is 14.2 Å². The molecule has 8 heteroatoms. The van der Waals surface area contributed by atoms with Crippen molar-refractivity contribution in [2.45, 2.75) is 38.7 Å². The molecule has 0 unspecified atom stereocenters. The average Bonchev–Trinajstić information content (AvgIpc) is 2.99. The van der Waals surface area contributed by atoms with Gasteiger partial charge in [-0.05, 0) is 79.6 Å². The van der Waals surface area contributed by atoms with Gasteiger partial charge in [0, 0.05) is 0 Å². The maximum atomic E-state index is 12.7. The Kier molecular flexibility index (Phi) is 11.5. The summed E-state index contributed by atoms with van der Waals surface area (Å²) in [6.45, 7) is 1.55. The summed E-state index contributed by atoms with van der Waals surface area (Å²) in [5.41, 5.74) is 2.14. The first-order valence-electron chi connectivity index (χ1n) is 13.7. The molecule has 0 bridgehead atoms. The molecule has 1 aliphatic rings. The second-order valence-corrected chi connectivity index (χ2v) is 9.68. The van der Waals surface area contributed by atoms with Gasteiger partial charge < -0.3 is 28.8 Å². The number of hydrogen-bond donors (Lipinski definition) is 1. The number of aliphatic hydroxyl groups is 1. The normalized spacial score (nSPS) is 16.7. The number of rotatable bonds is 14. The van der Waals surface area contributed by atoms with Gasteiger partial charge in [-0.25, -0.2) is 0 Å². The molecule has 0 spiro atoms. The Morgan fingerprint density at radius 2 is 1.18 bits per heavy atom. The first kappa shape index (κ1) is 29.3. The topological polar surface area (TPSA) is 101 Å². The molecule has 0 aliphatic heterocycles. The van der Waals surface area contributed by atoms with Crippen LogP contribution in [0.5, 0.6) is 17.2 Å². The molecular formula is C32H36O8. The molecule has 0 amide bonds. The van der Waals surface area contributed by atoms with Crippen molar-refractivity contribution in [3.05, 3.63) is 90.0 Å². The number of ether oxygens (including phenoxy) is 5. The van der Waals surface area contributed by atoms with Crippen LogP contribution in [0.3, 0.4) is 0 Å². The predicted molar refractivity (Wildman–Crippen MR) is 148 cm³/mol. The Balaban J connectivity index is 1.12. The van der Waals surface area contributed by atoms with E-state index in [1.54, 1.807) is 36.4 Å². The molecule has 3 aromatic rings. The summed E-state index contributed by atoms with van der Waals surface area (Å²) in [5, 5.41) is 8.68. The second kappa shape index (κ2) is 15.8. The number of hydrogen-bond acceptors (Lipinski definition) is 8. The summed E-state index contributed by atoms with van der Waals surface area (Å²) in [6, 6.07) is 24.2. The number of aliphatic hydroxyl groups excluding tert-OH is 1. The molecule has 1 aliphatic carbocycles. The highest BCUT2D eigenvalue weighted by atomic mass is 16.6. The van der Waals surface area contributed by atoms with Gasteiger partial charge >= 0.3 is 11.9 Å². The van der Waals surface area contributed by atoms with Crippen LogP contribution in [0.4, 0.5) is 0 Å². The van der Waals surface area contributed by atoms with Gasteiger partial charge in [0.15, 0.2) is 0 Å². The SMILES string of the molecule is O=C(Oc1ccc(CCOCO)cc1)C1CCC(C(=O)Oc2ccc(OCCOCc3ccccc3)cc2)CC1. The second-order valence-electron chi connectivity index (χ2n) is 9.68. The number of benzene rings is 3. The Morgan fingerprint density at radius 1 is 0.625 bits per heavy atom. The van der Waals surface area contributed by atoms with Crippen molar-refractivity contribution in [1.82, 2.24) is 0 Å². The zero-order chi connectivity index (χ0) is 28.0. The molecule has 3 aromatic carbocycles. The molecule has 0 atom stereocenters. The fraction of sp³-hybridized carbons (Fsp3) is 0.375. The lowest BCUT2D eigenvalue weighted by Gasteiger charge is -2.25. The van der Waals surface area contributed by atoms with E-state index in [2.05, 4.69) is 0 Å². The van der Waals surface area contributed by atoms with Crippen molar-refractivity contribution in [1.29, 1.82) is 0 Å². The molecule has 0 saturated heterocycles. The van der Waals surface area contributed by atoms with E-state index in [0.717, 1.165) is 11.1 Å². The van der Waals surface area contributed by atoms with Crippen molar-refractivity contribution in [3.63, 3.8) is 0 Å². The fourth-order valence-electron chi connectivity index (χ4n) is 4.53. The van der Waals surface area contributed by atoms with Gasteiger partial charge in [-0.1, -0.05) is 42.5 Å². The van der Waals surface area contributed by atoms with Crippen LogP contribution in [0.15, 0.2) is 78.9 Å². The largest absolute Gasteiger partial charge is 0.491 e. The first-order valence-corrected chi connectivity index (χ1v) is 13.7. The van der Waals surface area contributed by atoms with Gasteiger partial charge in [0.2, 0.25) is 0 Å². The molecular weight excluding hydrogens is 512 g/mol. The molecule has 0 aromatic heterocycles. The quantitative estimate of drug-likeness (QED) is 0.128. The zero-order valence-corrected chi connectivity index (χ0v) is 22.5. The van der Waals surface area contributed by atoms with Gasteiger partial charge in [-0.2, -0.15) is 0 Å². The Bertz CT molecular complexity index is 1170. The lowest BCUT2D eigenvalue weighted by molar-refractivity contribution is -0.145. The molecule has 212 valence electrons. The van der Waals surface area contributed by atoms with E-state index in [1.807, 2.05) is 42.5 Å². The molecule has 8 nitrogen and oxygen atoms in total. The average molecular weight is 549 g/mol. The van der Waals surface area contributed by atoms with Crippen molar-refractivity contribution in [3.8, 4) is 17.2 Å². The highest BCUT2D eigenvalue weighted by Gasteiger charge is 2.32. The van der Waals surface area contributed by atoms with Gasteiger partial charge in [-0.15, -0.1) is 0 Å². The minimum absolute atomic E-state index is 0.241. The lowest BCUT2D eigenvalue weighted by atomic mass is 9.82. The van der Waals surface area contributed by atoms with E-state index >= 15 is 0 Å². The molecule has 1 fully saturated rings. The van der Waals surface area contributed by atoms with E-state index in [9.17, 15) is 9.59 Å². The standard InChI is InChI=1S/C32H36O8/c33-23-37-19-18-24-6-12-29(13-7-24)39-31(34)26-8-10-27(11-9-26)32(35)40-30-16-14-28(15-17-30)38-21-20-36-22-25-4-2-1-3-5-25/h1-7,12-17,26-27,33H,8-11,18-23H2. The third-order valence-corrected chi connectivity index (χ3v) is 6.81. The summed E-state index contributed by atoms with van der Waals surface area (Å²) in [7, 11) is 0. The number of esters is 2. The third kappa shape index (κ3) is 9.48. The Morgan fingerprint density at radius 3 is 1.75 bits per heavy atom. The lowest BCUT2D eigenvalue weighted by Crippen LogP contribution is -2.30. The summed E-state index contributed by atoms with van der Waals surface area (Å²) >= 11 is 0. The van der Waals surface area contributed by atoms with E-state index in [0.29, 0.717) is 75.8 Å². The van der Waals surface area contributed by atoms with E-state index in [1.165, 1.54) is 0 Å². The molecule has 40 heavy (non-hydrogen) atoms. The van der Waals surface area contributed by atoms with Crippen molar-refractivity contribution in [2.75, 3.05) is 26.6 Å². The maximum absolute atomic E-state index is 12.7. The Labute approximate surface area is 234 Å². The number of carbonyl (C=O) groups is 2.